The quantitative estimate of drug-likeness (QED) is 0.487. The van der Waals surface area contributed by atoms with Crippen LogP contribution >= 0.6 is 0 Å². The van der Waals surface area contributed by atoms with Crippen molar-refractivity contribution in [2.75, 3.05) is 5.43 Å². The first-order valence-electron chi connectivity index (χ1n) is 6.37. The summed E-state index contributed by atoms with van der Waals surface area (Å²) in [6, 6.07) is 10.6. The summed E-state index contributed by atoms with van der Waals surface area (Å²) < 4.78 is 67.3. The Kier molecular flexibility index (Phi) is 5.15. The molecule has 8 heteroatoms. The van der Waals surface area contributed by atoms with Crippen LogP contribution in [-0.4, -0.2) is 12.8 Å². The Balaban J connectivity index is 2.18. The summed E-state index contributed by atoms with van der Waals surface area (Å²) in [5.41, 5.74) is 1.33. The summed E-state index contributed by atoms with van der Waals surface area (Å²) in [5, 5.41) is 3.65. The molecule has 0 aliphatic rings. The van der Waals surface area contributed by atoms with Gasteiger partial charge in [-0.25, -0.2) is 0 Å². The SMILES string of the molecule is FC(F)Oc1ccccc1C=NNc1ccccc1C(F)(F)F. The molecule has 0 aromatic heterocycles. The smallest absolute Gasteiger partial charge is 0.418 e. The van der Waals surface area contributed by atoms with Crippen molar-refractivity contribution in [1.29, 1.82) is 0 Å². The van der Waals surface area contributed by atoms with Crippen molar-refractivity contribution in [2.45, 2.75) is 12.8 Å². The van der Waals surface area contributed by atoms with E-state index in [0.29, 0.717) is 0 Å². The lowest BCUT2D eigenvalue weighted by Gasteiger charge is -2.11. The van der Waals surface area contributed by atoms with Crippen LogP contribution in [-0.2, 0) is 6.18 Å². The average Bonchev–Trinajstić information content (AvgIpc) is 2.48. The Morgan fingerprint density at radius 3 is 2.35 bits per heavy atom. The fourth-order valence-corrected chi connectivity index (χ4v) is 1.79. The molecule has 1 N–H and O–H groups in total. The lowest BCUT2D eigenvalue weighted by molar-refractivity contribution is -0.137. The monoisotopic (exact) mass is 330 g/mol. The molecule has 0 atom stereocenters. The molecule has 0 fully saturated rings. The molecule has 2 aromatic carbocycles. The van der Waals surface area contributed by atoms with Gasteiger partial charge in [-0.1, -0.05) is 24.3 Å². The summed E-state index contributed by atoms with van der Waals surface area (Å²) in [5.74, 6) is -0.128. The maximum absolute atomic E-state index is 12.8. The molecule has 0 radical (unpaired) electrons. The highest BCUT2D eigenvalue weighted by Gasteiger charge is 2.33. The zero-order valence-electron chi connectivity index (χ0n) is 11.5. The van der Waals surface area contributed by atoms with Crippen LogP contribution < -0.4 is 10.2 Å². The van der Waals surface area contributed by atoms with Crippen molar-refractivity contribution < 1.29 is 26.7 Å². The van der Waals surface area contributed by atoms with Crippen molar-refractivity contribution >= 4 is 11.9 Å². The standard InChI is InChI=1S/C15H11F5N2O/c16-14(17)23-13-8-4-1-5-10(13)9-21-22-12-7-3-2-6-11(12)15(18,19)20/h1-9,14,22H. The van der Waals surface area contributed by atoms with Gasteiger partial charge in [-0.2, -0.15) is 27.1 Å². The molecule has 0 aliphatic heterocycles. The Morgan fingerprint density at radius 1 is 1.00 bits per heavy atom. The molecular weight excluding hydrogens is 319 g/mol. The molecule has 2 aromatic rings. The van der Waals surface area contributed by atoms with Crippen LogP contribution in [0.5, 0.6) is 5.75 Å². The number of hydrogen-bond donors (Lipinski definition) is 1. The number of nitrogens with one attached hydrogen (secondary N) is 1. The second kappa shape index (κ2) is 7.08. The zero-order valence-corrected chi connectivity index (χ0v) is 11.5. The van der Waals surface area contributed by atoms with Gasteiger partial charge in [0.25, 0.3) is 0 Å². The molecule has 0 spiro atoms. The van der Waals surface area contributed by atoms with Gasteiger partial charge in [0.05, 0.1) is 17.5 Å². The van der Waals surface area contributed by atoms with Gasteiger partial charge in [0.2, 0.25) is 0 Å². The molecule has 23 heavy (non-hydrogen) atoms. The van der Waals surface area contributed by atoms with Crippen LogP contribution in [0.3, 0.4) is 0 Å². The second-order valence-electron chi connectivity index (χ2n) is 4.33. The first-order valence-corrected chi connectivity index (χ1v) is 6.37. The van der Waals surface area contributed by atoms with E-state index >= 15 is 0 Å². The van der Waals surface area contributed by atoms with Gasteiger partial charge in [-0.05, 0) is 24.3 Å². The van der Waals surface area contributed by atoms with Gasteiger partial charge in [0, 0.05) is 5.56 Å². The fraction of sp³-hybridized carbons (Fsp3) is 0.133. The largest absolute Gasteiger partial charge is 0.434 e. The maximum atomic E-state index is 12.8. The third-order valence-electron chi connectivity index (χ3n) is 2.76. The third kappa shape index (κ3) is 4.67. The van der Waals surface area contributed by atoms with E-state index in [-0.39, 0.29) is 17.0 Å². The topological polar surface area (TPSA) is 33.6 Å². The lowest BCUT2D eigenvalue weighted by Crippen LogP contribution is -2.08. The molecule has 122 valence electrons. The molecule has 2 rings (SSSR count). The van der Waals surface area contributed by atoms with Crippen LogP contribution in [0.4, 0.5) is 27.6 Å². The minimum absolute atomic E-state index is 0.128. The molecule has 0 saturated heterocycles. The average molecular weight is 330 g/mol. The number of benzene rings is 2. The first-order chi connectivity index (χ1) is 10.9. The number of hydrogen-bond acceptors (Lipinski definition) is 3. The Hall–Kier alpha value is -2.64. The molecule has 0 aliphatic carbocycles. The molecule has 0 amide bonds. The number of nitrogens with zero attached hydrogens (tertiary/aromatic N) is 1. The van der Waals surface area contributed by atoms with Gasteiger partial charge in [-0.15, -0.1) is 0 Å². The van der Waals surface area contributed by atoms with E-state index in [9.17, 15) is 22.0 Å². The number of ether oxygens (including phenoxy) is 1. The molecule has 0 heterocycles. The van der Waals surface area contributed by atoms with E-state index < -0.39 is 18.4 Å². The predicted molar refractivity (Wildman–Crippen MR) is 75.7 cm³/mol. The first kappa shape index (κ1) is 16.7. The minimum Gasteiger partial charge on any atom is -0.434 e. The number of para-hydroxylation sites is 2. The van der Waals surface area contributed by atoms with Crippen LogP contribution in [0.15, 0.2) is 53.6 Å². The maximum Gasteiger partial charge on any atom is 0.418 e. The van der Waals surface area contributed by atoms with Crippen LogP contribution in [0.2, 0.25) is 0 Å². The van der Waals surface area contributed by atoms with E-state index in [1.165, 1.54) is 36.4 Å². The third-order valence-corrected chi connectivity index (χ3v) is 2.76. The van der Waals surface area contributed by atoms with Crippen molar-refractivity contribution in [3.8, 4) is 5.75 Å². The van der Waals surface area contributed by atoms with Crippen LogP contribution in [0.1, 0.15) is 11.1 Å². The lowest BCUT2D eigenvalue weighted by atomic mass is 10.2. The highest BCUT2D eigenvalue weighted by Crippen LogP contribution is 2.34. The van der Waals surface area contributed by atoms with Gasteiger partial charge in [-0.3, -0.25) is 5.43 Å². The predicted octanol–water partition coefficient (Wildman–Crippen LogP) is 4.75. The fourth-order valence-electron chi connectivity index (χ4n) is 1.79. The number of rotatable bonds is 5. The summed E-state index contributed by atoms with van der Waals surface area (Å²) >= 11 is 0. The molecule has 0 saturated carbocycles. The minimum atomic E-state index is -4.53. The Bertz CT molecular complexity index is 686. The van der Waals surface area contributed by atoms with E-state index in [2.05, 4.69) is 15.3 Å². The summed E-state index contributed by atoms with van der Waals surface area (Å²) in [6.07, 6.45) is -3.43. The summed E-state index contributed by atoms with van der Waals surface area (Å²) in [6.45, 7) is -3.01. The highest BCUT2D eigenvalue weighted by atomic mass is 19.4. The van der Waals surface area contributed by atoms with Crippen molar-refractivity contribution in [3.63, 3.8) is 0 Å². The molecule has 3 nitrogen and oxygen atoms in total. The summed E-state index contributed by atoms with van der Waals surface area (Å²) in [4.78, 5) is 0. The van der Waals surface area contributed by atoms with Crippen LogP contribution in [0, 0.1) is 0 Å². The van der Waals surface area contributed by atoms with E-state index in [1.807, 2.05) is 0 Å². The van der Waals surface area contributed by atoms with Crippen molar-refractivity contribution in [2.24, 2.45) is 5.10 Å². The van der Waals surface area contributed by atoms with E-state index in [0.717, 1.165) is 12.3 Å². The van der Waals surface area contributed by atoms with Gasteiger partial charge >= 0.3 is 12.8 Å². The number of hydrazone groups is 1. The Morgan fingerprint density at radius 2 is 1.65 bits per heavy atom. The molecular formula is C15H11F5N2O. The highest BCUT2D eigenvalue weighted by molar-refractivity contribution is 5.84. The van der Waals surface area contributed by atoms with Crippen molar-refractivity contribution in [1.82, 2.24) is 0 Å². The molecule has 0 unspecified atom stereocenters. The Labute approximate surface area is 128 Å². The van der Waals surface area contributed by atoms with E-state index in [1.54, 1.807) is 6.07 Å². The second-order valence-corrected chi connectivity index (χ2v) is 4.33. The zero-order chi connectivity index (χ0) is 16.9. The number of alkyl halides is 5. The number of anilines is 1. The summed E-state index contributed by atoms with van der Waals surface area (Å²) in [7, 11) is 0. The van der Waals surface area contributed by atoms with Gasteiger partial charge < -0.3 is 4.74 Å². The van der Waals surface area contributed by atoms with Crippen LogP contribution in [0.25, 0.3) is 0 Å². The van der Waals surface area contributed by atoms with Gasteiger partial charge in [0.15, 0.2) is 0 Å². The molecule has 0 bridgehead atoms. The normalized spacial score (nSPS) is 11.9. The van der Waals surface area contributed by atoms with E-state index in [4.69, 9.17) is 0 Å². The number of halogens is 5. The van der Waals surface area contributed by atoms with Crippen molar-refractivity contribution in [3.05, 3.63) is 59.7 Å². The van der Waals surface area contributed by atoms with Gasteiger partial charge in [0.1, 0.15) is 5.75 Å².